The van der Waals surface area contributed by atoms with E-state index in [0.29, 0.717) is 5.02 Å². The van der Waals surface area contributed by atoms with Crippen molar-refractivity contribution in [2.75, 3.05) is 38.2 Å². The molecule has 3 heterocycles. The highest BCUT2D eigenvalue weighted by atomic mass is 35.5. The van der Waals surface area contributed by atoms with Crippen LogP contribution in [-0.2, 0) is 21.3 Å². The molecule has 1 aliphatic heterocycles. The quantitative estimate of drug-likeness (QED) is 0.168. The zero-order valence-corrected chi connectivity index (χ0v) is 28.5. The lowest BCUT2D eigenvalue weighted by molar-refractivity contribution is -0.166. The molecular weight excluding hydrogens is 606 g/mol. The number of nitrogens with zero attached hydrogens (tertiary/aromatic N) is 5. The molecule has 1 unspecified atom stereocenters. The van der Waals surface area contributed by atoms with E-state index in [4.69, 9.17) is 26.1 Å². The summed E-state index contributed by atoms with van der Waals surface area (Å²) in [6.45, 7) is 12.5. The predicted octanol–water partition coefficient (Wildman–Crippen LogP) is 7.72. The van der Waals surface area contributed by atoms with E-state index in [0.717, 1.165) is 68.1 Å². The molecule has 0 aliphatic carbocycles. The van der Waals surface area contributed by atoms with Crippen LogP contribution >= 0.6 is 22.9 Å². The standard InChI is InChI=1S/C35H40ClN5O3S/c1-8-43-33(42)31(44-35(3,4)5)29-21(2)17-26-32(30(29)22-9-12-25(36)13-10-22)45-34(38-26)41-16-15-39(6)28(20-41)23-11-14-27-24(18-23)19-37-40(27)7/h9-14,17-19,28,31H,8,15-16,20H2,1-7H3/t28?,31-/m0/s1. The van der Waals surface area contributed by atoms with Gasteiger partial charge in [-0.25, -0.2) is 9.78 Å². The van der Waals surface area contributed by atoms with Gasteiger partial charge in [-0.15, -0.1) is 0 Å². The van der Waals surface area contributed by atoms with Crippen molar-refractivity contribution < 1.29 is 14.3 Å². The number of halogens is 1. The van der Waals surface area contributed by atoms with Gasteiger partial charge in [0, 0.05) is 48.2 Å². The molecule has 0 radical (unpaired) electrons. The fourth-order valence-electron chi connectivity index (χ4n) is 6.17. The summed E-state index contributed by atoms with van der Waals surface area (Å²) in [6.07, 6.45) is 1.03. The lowest BCUT2D eigenvalue weighted by Crippen LogP contribution is -2.46. The van der Waals surface area contributed by atoms with Gasteiger partial charge in [0.05, 0.1) is 40.2 Å². The highest BCUT2D eigenvalue weighted by Crippen LogP contribution is 2.45. The van der Waals surface area contributed by atoms with Crippen molar-refractivity contribution in [3.63, 3.8) is 0 Å². The maximum atomic E-state index is 13.5. The lowest BCUT2D eigenvalue weighted by Gasteiger charge is -2.39. The Hall–Kier alpha value is -3.50. The van der Waals surface area contributed by atoms with Crippen LogP contribution in [0, 0.1) is 6.92 Å². The van der Waals surface area contributed by atoms with Crippen molar-refractivity contribution in [3.05, 3.63) is 76.4 Å². The van der Waals surface area contributed by atoms with Crippen LogP contribution in [0.1, 0.15) is 56.5 Å². The first-order chi connectivity index (χ1) is 21.4. The van der Waals surface area contributed by atoms with Crippen LogP contribution in [0.4, 0.5) is 5.13 Å². The van der Waals surface area contributed by atoms with E-state index in [1.807, 2.05) is 76.8 Å². The van der Waals surface area contributed by atoms with Crippen LogP contribution in [0.25, 0.3) is 32.2 Å². The van der Waals surface area contributed by atoms with E-state index in [1.165, 1.54) is 5.56 Å². The molecule has 0 amide bonds. The molecule has 0 bridgehead atoms. The fourth-order valence-corrected chi connectivity index (χ4v) is 7.46. The van der Waals surface area contributed by atoms with Gasteiger partial charge >= 0.3 is 5.97 Å². The Balaban J connectivity index is 1.46. The molecule has 6 rings (SSSR count). The largest absolute Gasteiger partial charge is 0.464 e. The van der Waals surface area contributed by atoms with E-state index in [9.17, 15) is 4.79 Å². The van der Waals surface area contributed by atoms with Crippen molar-refractivity contribution in [1.82, 2.24) is 19.7 Å². The Morgan fingerprint density at radius 3 is 2.58 bits per heavy atom. The van der Waals surface area contributed by atoms with Crippen molar-refractivity contribution in [2.45, 2.75) is 52.4 Å². The van der Waals surface area contributed by atoms with Gasteiger partial charge in [0.1, 0.15) is 0 Å². The molecule has 0 spiro atoms. The molecule has 1 aliphatic rings. The Labute approximate surface area is 273 Å². The van der Waals surface area contributed by atoms with Crippen LogP contribution in [0.3, 0.4) is 0 Å². The number of benzene rings is 3. The molecule has 5 aromatic rings. The van der Waals surface area contributed by atoms with Crippen molar-refractivity contribution in [3.8, 4) is 11.1 Å². The number of ether oxygens (including phenoxy) is 2. The summed E-state index contributed by atoms with van der Waals surface area (Å²) in [6, 6.07) is 16.7. The summed E-state index contributed by atoms with van der Waals surface area (Å²) in [5, 5.41) is 7.18. The number of esters is 1. The molecule has 10 heteroatoms. The Morgan fingerprint density at radius 2 is 1.87 bits per heavy atom. The summed E-state index contributed by atoms with van der Waals surface area (Å²) >= 11 is 7.98. The maximum Gasteiger partial charge on any atom is 0.339 e. The van der Waals surface area contributed by atoms with Gasteiger partial charge in [-0.1, -0.05) is 41.1 Å². The Morgan fingerprint density at radius 1 is 1.11 bits per heavy atom. The molecule has 8 nitrogen and oxygen atoms in total. The number of carbonyl (C=O) groups excluding carboxylic acids is 1. The van der Waals surface area contributed by atoms with Crippen LogP contribution < -0.4 is 4.90 Å². The normalized spacial score (nSPS) is 16.9. The number of anilines is 1. The molecule has 1 saturated heterocycles. The second kappa shape index (κ2) is 12.4. The number of rotatable bonds is 7. The maximum absolute atomic E-state index is 13.5. The van der Waals surface area contributed by atoms with Crippen LogP contribution in [0.15, 0.2) is 54.7 Å². The average Bonchev–Trinajstić information content (AvgIpc) is 3.58. The van der Waals surface area contributed by atoms with Gasteiger partial charge in [0.15, 0.2) is 11.2 Å². The minimum Gasteiger partial charge on any atom is -0.464 e. The molecule has 236 valence electrons. The van der Waals surface area contributed by atoms with Gasteiger partial charge in [0.2, 0.25) is 0 Å². The average molecular weight is 646 g/mol. The first-order valence-corrected chi connectivity index (χ1v) is 16.5. The number of carbonyl (C=O) groups is 1. The molecule has 0 saturated carbocycles. The predicted molar refractivity (Wildman–Crippen MR) is 183 cm³/mol. The molecule has 1 fully saturated rings. The molecule has 3 aromatic carbocycles. The number of thiazole rings is 1. The smallest absolute Gasteiger partial charge is 0.339 e. The van der Waals surface area contributed by atoms with E-state index in [-0.39, 0.29) is 12.6 Å². The molecular formula is C35H40ClN5O3S. The van der Waals surface area contributed by atoms with Gasteiger partial charge in [-0.2, -0.15) is 5.10 Å². The molecule has 2 atom stereocenters. The number of aryl methyl sites for hydroxylation is 2. The molecule has 2 aromatic heterocycles. The van der Waals surface area contributed by atoms with E-state index >= 15 is 0 Å². The Kier molecular flexibility index (Phi) is 8.65. The number of aromatic nitrogens is 3. The number of likely N-dealkylation sites (N-methyl/N-ethyl adjacent to an activating group) is 1. The topological polar surface area (TPSA) is 72.7 Å². The van der Waals surface area contributed by atoms with Crippen molar-refractivity contribution in [1.29, 1.82) is 0 Å². The van der Waals surface area contributed by atoms with Crippen molar-refractivity contribution in [2.24, 2.45) is 7.05 Å². The SMILES string of the molecule is CCOC(=O)[C@@H](OC(C)(C)C)c1c(C)cc2nc(N3CCN(C)C(c4ccc5c(cnn5C)c4)C3)sc2c1-c1ccc(Cl)cc1. The second-order valence-corrected chi connectivity index (χ2v) is 14.1. The van der Waals surface area contributed by atoms with Gasteiger partial charge < -0.3 is 14.4 Å². The zero-order chi connectivity index (χ0) is 32.0. The minimum absolute atomic E-state index is 0.205. The first kappa shape index (κ1) is 31.5. The summed E-state index contributed by atoms with van der Waals surface area (Å²) in [5.41, 5.74) is 6.31. The van der Waals surface area contributed by atoms with Crippen LogP contribution in [0.5, 0.6) is 0 Å². The summed E-state index contributed by atoms with van der Waals surface area (Å²) in [5.74, 6) is -0.401. The van der Waals surface area contributed by atoms with Gasteiger partial charge in [-0.05, 0) is 88.7 Å². The van der Waals surface area contributed by atoms with E-state index in [2.05, 4.69) is 46.2 Å². The summed E-state index contributed by atoms with van der Waals surface area (Å²) < 4.78 is 14.9. The Bertz CT molecular complexity index is 1860. The third kappa shape index (κ3) is 6.31. The van der Waals surface area contributed by atoms with E-state index in [1.54, 1.807) is 11.3 Å². The van der Waals surface area contributed by atoms with Gasteiger partial charge in [-0.3, -0.25) is 9.58 Å². The number of hydrogen-bond donors (Lipinski definition) is 0. The highest BCUT2D eigenvalue weighted by molar-refractivity contribution is 7.22. The first-order valence-electron chi connectivity index (χ1n) is 15.3. The third-order valence-electron chi connectivity index (χ3n) is 8.36. The highest BCUT2D eigenvalue weighted by Gasteiger charge is 2.34. The number of hydrogen-bond acceptors (Lipinski definition) is 8. The third-order valence-corrected chi connectivity index (χ3v) is 9.76. The van der Waals surface area contributed by atoms with Crippen LogP contribution in [-0.4, -0.2) is 64.5 Å². The minimum atomic E-state index is -0.902. The zero-order valence-electron chi connectivity index (χ0n) is 26.9. The lowest BCUT2D eigenvalue weighted by atomic mass is 9.91. The second-order valence-electron chi connectivity index (χ2n) is 12.7. The fraction of sp³-hybridized carbons (Fsp3) is 0.400. The van der Waals surface area contributed by atoms with E-state index < -0.39 is 17.7 Å². The number of piperazine rings is 1. The van der Waals surface area contributed by atoms with Crippen molar-refractivity contribution >= 4 is 55.2 Å². The molecule has 0 N–H and O–H groups in total. The summed E-state index contributed by atoms with van der Waals surface area (Å²) in [7, 11) is 4.16. The monoisotopic (exact) mass is 645 g/mol. The van der Waals surface area contributed by atoms with Crippen LogP contribution in [0.2, 0.25) is 5.02 Å². The van der Waals surface area contributed by atoms with Gasteiger partial charge in [0.25, 0.3) is 0 Å². The summed E-state index contributed by atoms with van der Waals surface area (Å²) in [4.78, 5) is 23.5. The number of fused-ring (bicyclic) bond motifs is 2. The molecule has 45 heavy (non-hydrogen) atoms.